The van der Waals surface area contributed by atoms with Gasteiger partial charge in [-0.3, -0.25) is 0 Å². The first-order chi connectivity index (χ1) is 14.6. The molecule has 0 bridgehead atoms. The lowest BCUT2D eigenvalue weighted by Gasteiger charge is -2.36. The number of hydrogen-bond donors (Lipinski definition) is 2. The van der Waals surface area contributed by atoms with Crippen LogP contribution in [0.3, 0.4) is 0 Å². The second kappa shape index (κ2) is 9.64. The highest BCUT2D eigenvalue weighted by atomic mass is 32.1. The fraction of sp³-hybridized carbons (Fsp3) is 0.591. The van der Waals surface area contributed by atoms with Gasteiger partial charge in [0, 0.05) is 31.7 Å². The summed E-state index contributed by atoms with van der Waals surface area (Å²) < 4.78 is 5.36. The Morgan fingerprint density at radius 1 is 1.17 bits per heavy atom. The lowest BCUT2D eigenvalue weighted by atomic mass is 10.0. The molecule has 2 aromatic rings. The van der Waals surface area contributed by atoms with Gasteiger partial charge >= 0.3 is 0 Å². The second-order valence-electron chi connectivity index (χ2n) is 8.53. The molecule has 8 heteroatoms. The summed E-state index contributed by atoms with van der Waals surface area (Å²) in [5.41, 5.74) is 0. The molecule has 162 valence electrons. The highest BCUT2D eigenvalue weighted by molar-refractivity contribution is 7.80. The first-order valence-corrected chi connectivity index (χ1v) is 11.5. The van der Waals surface area contributed by atoms with E-state index in [2.05, 4.69) is 40.3 Å². The minimum atomic E-state index is 0.485. The van der Waals surface area contributed by atoms with E-state index in [0.717, 1.165) is 37.0 Å². The van der Waals surface area contributed by atoms with Crippen LogP contribution in [0.25, 0.3) is 0 Å². The molecular formula is C22H32N6OS. The molecule has 0 spiro atoms. The van der Waals surface area contributed by atoms with E-state index >= 15 is 0 Å². The van der Waals surface area contributed by atoms with Gasteiger partial charge in [-0.1, -0.05) is 6.92 Å². The number of aromatic nitrogens is 2. The molecule has 4 heterocycles. The zero-order chi connectivity index (χ0) is 20.9. The van der Waals surface area contributed by atoms with Crippen molar-refractivity contribution in [1.82, 2.24) is 15.3 Å². The van der Waals surface area contributed by atoms with Gasteiger partial charge in [-0.2, -0.15) is 9.97 Å². The lowest BCUT2D eigenvalue weighted by molar-refractivity contribution is 0.444. The van der Waals surface area contributed by atoms with E-state index in [1.54, 1.807) is 6.26 Å². The van der Waals surface area contributed by atoms with Gasteiger partial charge in [-0.15, -0.1) is 0 Å². The van der Waals surface area contributed by atoms with Crippen LogP contribution in [0, 0.1) is 5.92 Å². The van der Waals surface area contributed by atoms with Crippen molar-refractivity contribution in [2.75, 3.05) is 34.8 Å². The van der Waals surface area contributed by atoms with E-state index in [0.29, 0.717) is 29.6 Å². The van der Waals surface area contributed by atoms with Crippen LogP contribution >= 0.6 is 12.2 Å². The van der Waals surface area contributed by atoms with Gasteiger partial charge in [-0.05, 0) is 69.3 Å². The molecule has 0 saturated carbocycles. The summed E-state index contributed by atoms with van der Waals surface area (Å²) in [6, 6.07) is 6.43. The fourth-order valence-corrected chi connectivity index (χ4v) is 4.51. The third-order valence-corrected chi connectivity index (χ3v) is 6.25. The summed E-state index contributed by atoms with van der Waals surface area (Å²) in [5, 5.41) is 6.85. The molecule has 2 saturated heterocycles. The van der Waals surface area contributed by atoms with Crippen LogP contribution in [0.5, 0.6) is 0 Å². The van der Waals surface area contributed by atoms with Crippen LogP contribution in [0.4, 0.5) is 17.6 Å². The molecule has 2 aliphatic heterocycles. The van der Waals surface area contributed by atoms with Gasteiger partial charge in [0.25, 0.3) is 0 Å². The van der Waals surface area contributed by atoms with Crippen molar-refractivity contribution in [1.29, 1.82) is 0 Å². The smallest absolute Gasteiger partial charge is 0.232 e. The number of nitrogens with one attached hydrogen (secondary N) is 2. The quantitative estimate of drug-likeness (QED) is 0.688. The highest BCUT2D eigenvalue weighted by Crippen LogP contribution is 2.29. The van der Waals surface area contributed by atoms with E-state index in [1.807, 2.05) is 12.1 Å². The largest absolute Gasteiger partial charge is 0.467 e. The summed E-state index contributed by atoms with van der Waals surface area (Å²) in [5.74, 6) is 4.04. The normalized spacial score (nSPS) is 22.1. The van der Waals surface area contributed by atoms with Crippen LogP contribution in [0.1, 0.15) is 51.7 Å². The summed E-state index contributed by atoms with van der Waals surface area (Å²) in [4.78, 5) is 14.5. The minimum Gasteiger partial charge on any atom is -0.467 e. The van der Waals surface area contributed by atoms with Gasteiger partial charge in [0.05, 0.1) is 12.8 Å². The molecule has 4 rings (SSSR count). The Bertz CT molecular complexity index is 842. The van der Waals surface area contributed by atoms with E-state index in [4.69, 9.17) is 26.6 Å². The first-order valence-electron chi connectivity index (χ1n) is 11.1. The molecule has 2 N–H and O–H groups in total. The van der Waals surface area contributed by atoms with E-state index < -0.39 is 0 Å². The van der Waals surface area contributed by atoms with Gasteiger partial charge in [0.2, 0.25) is 5.95 Å². The lowest BCUT2D eigenvalue weighted by Crippen LogP contribution is -2.39. The number of hydrogen-bond acceptors (Lipinski definition) is 6. The van der Waals surface area contributed by atoms with Crippen LogP contribution < -0.4 is 20.4 Å². The Labute approximate surface area is 184 Å². The number of nitrogens with zero attached hydrogens (tertiary/aromatic N) is 4. The maximum absolute atomic E-state index is 5.48. The molecule has 2 aromatic heterocycles. The monoisotopic (exact) mass is 428 g/mol. The van der Waals surface area contributed by atoms with Crippen molar-refractivity contribution in [2.24, 2.45) is 5.92 Å². The Hall–Kier alpha value is -2.35. The van der Waals surface area contributed by atoms with Crippen LogP contribution in [-0.4, -0.2) is 40.8 Å². The summed E-state index contributed by atoms with van der Waals surface area (Å²) in [7, 11) is 0. The maximum Gasteiger partial charge on any atom is 0.232 e. The second-order valence-corrected chi connectivity index (χ2v) is 8.93. The van der Waals surface area contributed by atoms with Crippen LogP contribution in [0.15, 0.2) is 28.9 Å². The molecule has 2 fully saturated rings. The predicted octanol–water partition coefficient (Wildman–Crippen LogP) is 4.17. The number of rotatable bonds is 5. The summed E-state index contributed by atoms with van der Waals surface area (Å²) in [6.07, 6.45) is 7.83. The number of piperidine rings is 2. The number of anilines is 3. The molecule has 30 heavy (non-hydrogen) atoms. The average molecular weight is 429 g/mol. The molecule has 0 unspecified atom stereocenters. The molecular weight excluding hydrogens is 396 g/mol. The van der Waals surface area contributed by atoms with Gasteiger partial charge < -0.3 is 24.9 Å². The third-order valence-electron chi connectivity index (χ3n) is 6.01. The predicted molar refractivity (Wildman–Crippen MR) is 125 cm³/mol. The Morgan fingerprint density at radius 3 is 2.80 bits per heavy atom. The van der Waals surface area contributed by atoms with Crippen molar-refractivity contribution in [3.63, 3.8) is 0 Å². The van der Waals surface area contributed by atoms with Gasteiger partial charge in [0.15, 0.2) is 5.11 Å². The van der Waals surface area contributed by atoms with Gasteiger partial charge in [-0.25, -0.2) is 0 Å². The van der Waals surface area contributed by atoms with Crippen LogP contribution in [0.2, 0.25) is 0 Å². The first kappa shape index (κ1) is 20.9. The van der Waals surface area contributed by atoms with Crippen molar-refractivity contribution in [3.05, 3.63) is 30.2 Å². The fourth-order valence-electron chi connectivity index (χ4n) is 4.35. The van der Waals surface area contributed by atoms with Crippen molar-refractivity contribution in [2.45, 2.75) is 58.5 Å². The van der Waals surface area contributed by atoms with Crippen molar-refractivity contribution < 1.29 is 4.42 Å². The maximum atomic E-state index is 5.48. The molecule has 0 aliphatic carbocycles. The molecule has 7 nitrogen and oxygen atoms in total. The van der Waals surface area contributed by atoms with E-state index in [1.165, 1.54) is 32.1 Å². The van der Waals surface area contributed by atoms with Crippen LogP contribution in [-0.2, 0) is 6.54 Å². The molecule has 0 amide bonds. The standard InChI is InChI=1S/C22H32N6OS/c1-16-7-5-10-27(15-16)19-13-20(28-11-4-3-8-17(28)2)25-21(24-19)26-22(30)23-14-18-9-6-12-29-18/h6,9,12-13,16-17H,3-5,7-8,10-11,14-15H2,1-2H3,(H2,23,24,25,26,30)/t16-,17-/m1/s1. The Balaban J connectivity index is 1.53. The Morgan fingerprint density at radius 2 is 2.03 bits per heavy atom. The van der Waals surface area contributed by atoms with Gasteiger partial charge in [0.1, 0.15) is 17.4 Å². The van der Waals surface area contributed by atoms with Crippen molar-refractivity contribution >= 4 is 34.9 Å². The summed E-state index contributed by atoms with van der Waals surface area (Å²) in [6.45, 7) is 8.23. The van der Waals surface area contributed by atoms with Crippen molar-refractivity contribution in [3.8, 4) is 0 Å². The van der Waals surface area contributed by atoms with E-state index in [9.17, 15) is 0 Å². The molecule has 2 aliphatic rings. The molecule has 0 aromatic carbocycles. The highest BCUT2D eigenvalue weighted by Gasteiger charge is 2.24. The Kier molecular flexibility index (Phi) is 6.72. The SMILES string of the molecule is C[C@@H]1CCCN(c2cc(N3CCCC[C@H]3C)nc(NC(=S)NCc3ccco3)n2)C1. The molecule has 2 atom stereocenters. The number of thiocarbonyl (C=S) groups is 1. The topological polar surface area (TPSA) is 69.5 Å². The minimum absolute atomic E-state index is 0.485. The zero-order valence-corrected chi connectivity index (χ0v) is 18.7. The van der Waals surface area contributed by atoms with E-state index in [-0.39, 0.29) is 0 Å². The molecule has 0 radical (unpaired) electrons. The third kappa shape index (κ3) is 5.22. The summed E-state index contributed by atoms with van der Waals surface area (Å²) >= 11 is 5.48. The average Bonchev–Trinajstić information content (AvgIpc) is 3.26. The zero-order valence-electron chi connectivity index (χ0n) is 17.9. The number of furan rings is 1.